The number of fused-ring (bicyclic) bond motifs is 1. The lowest BCUT2D eigenvalue weighted by Gasteiger charge is -2.24. The third-order valence-corrected chi connectivity index (χ3v) is 4.77. The zero-order valence-corrected chi connectivity index (χ0v) is 14.3. The van der Waals surface area contributed by atoms with Crippen LogP contribution in [-0.2, 0) is 16.0 Å². The molecule has 3 atom stereocenters. The van der Waals surface area contributed by atoms with Gasteiger partial charge in [-0.25, -0.2) is 4.79 Å². The highest BCUT2D eigenvalue weighted by atomic mass is 35.5. The number of benzene rings is 2. The van der Waals surface area contributed by atoms with Crippen LogP contribution in [0, 0.1) is 16.0 Å². The van der Waals surface area contributed by atoms with E-state index in [1.54, 1.807) is 24.3 Å². The van der Waals surface area contributed by atoms with Crippen molar-refractivity contribution < 1.29 is 14.5 Å². The van der Waals surface area contributed by atoms with Gasteiger partial charge in [0.25, 0.3) is 0 Å². The number of hydrogen-bond acceptors (Lipinski definition) is 5. The first kappa shape index (κ1) is 17.2. The molecule has 1 N–H and O–H groups in total. The van der Waals surface area contributed by atoms with Crippen molar-refractivity contribution in [3.63, 3.8) is 0 Å². The summed E-state index contributed by atoms with van der Waals surface area (Å²) in [6, 6.07) is 12.9. The van der Waals surface area contributed by atoms with Crippen molar-refractivity contribution in [3.05, 3.63) is 74.8 Å². The second-order valence-corrected chi connectivity index (χ2v) is 6.39. The predicted molar refractivity (Wildman–Crippen MR) is 94.3 cm³/mol. The summed E-state index contributed by atoms with van der Waals surface area (Å²) in [6.07, 6.45) is 0.433. The number of methoxy groups -OCH3 is 1. The van der Waals surface area contributed by atoms with Crippen LogP contribution in [0.1, 0.15) is 17.2 Å². The molecule has 0 amide bonds. The zero-order valence-electron chi connectivity index (χ0n) is 13.5. The van der Waals surface area contributed by atoms with Crippen molar-refractivity contribution in [1.82, 2.24) is 0 Å². The van der Waals surface area contributed by atoms with Crippen LogP contribution in [0.2, 0.25) is 5.02 Å². The smallest absolute Gasteiger partial charge is 0.381 e. The number of anilines is 1. The molecule has 2 aromatic rings. The molecule has 1 aliphatic carbocycles. The Balaban J connectivity index is 1.97. The first-order chi connectivity index (χ1) is 12.0. The molecule has 130 valence electrons. The number of halogens is 1. The van der Waals surface area contributed by atoms with Gasteiger partial charge in [-0.2, -0.15) is 0 Å². The molecule has 0 aliphatic heterocycles. The van der Waals surface area contributed by atoms with Gasteiger partial charge in [-0.1, -0.05) is 35.9 Å². The molecule has 25 heavy (non-hydrogen) atoms. The predicted octanol–water partition coefficient (Wildman–Crippen LogP) is 3.48. The maximum Gasteiger partial charge on any atom is 0.381 e. The molecule has 0 aromatic heterocycles. The molecule has 0 heterocycles. The number of carbonyl (C=O) groups is 1. The minimum atomic E-state index is -1.43. The third kappa shape index (κ3) is 3.44. The SMILES string of the molecule is COC(=O)C(C1Cc2ccccc2[C@@H]1Nc1ccc(Cl)cc1)[N+](=O)[O-]. The minimum absolute atomic E-state index is 0.369. The van der Waals surface area contributed by atoms with Crippen LogP contribution in [0.15, 0.2) is 48.5 Å². The second kappa shape index (κ2) is 7.11. The van der Waals surface area contributed by atoms with Gasteiger partial charge in [-0.05, 0) is 41.8 Å². The van der Waals surface area contributed by atoms with Gasteiger partial charge in [0.2, 0.25) is 0 Å². The number of hydrogen-bond donors (Lipinski definition) is 1. The molecule has 2 aromatic carbocycles. The number of ether oxygens (including phenoxy) is 1. The van der Waals surface area contributed by atoms with Crippen molar-refractivity contribution >= 4 is 23.3 Å². The van der Waals surface area contributed by atoms with Crippen LogP contribution in [0.4, 0.5) is 5.69 Å². The highest BCUT2D eigenvalue weighted by molar-refractivity contribution is 6.30. The fraction of sp³-hybridized carbons (Fsp3) is 0.278. The van der Waals surface area contributed by atoms with E-state index in [1.165, 1.54) is 7.11 Å². The normalized spacial score (nSPS) is 19.8. The largest absolute Gasteiger partial charge is 0.464 e. The van der Waals surface area contributed by atoms with Gasteiger partial charge in [0.1, 0.15) is 0 Å². The number of nitrogens with one attached hydrogen (secondary N) is 1. The monoisotopic (exact) mass is 360 g/mol. The van der Waals surface area contributed by atoms with E-state index in [0.717, 1.165) is 16.8 Å². The van der Waals surface area contributed by atoms with E-state index in [0.29, 0.717) is 11.4 Å². The van der Waals surface area contributed by atoms with Crippen molar-refractivity contribution in [1.29, 1.82) is 0 Å². The van der Waals surface area contributed by atoms with Gasteiger partial charge in [0, 0.05) is 15.6 Å². The molecule has 0 bridgehead atoms. The zero-order chi connectivity index (χ0) is 18.0. The van der Waals surface area contributed by atoms with Gasteiger partial charge >= 0.3 is 12.0 Å². The Morgan fingerprint density at radius 2 is 1.96 bits per heavy atom. The van der Waals surface area contributed by atoms with Crippen molar-refractivity contribution in [2.75, 3.05) is 12.4 Å². The summed E-state index contributed by atoms with van der Waals surface area (Å²) >= 11 is 5.91. The fourth-order valence-corrected chi connectivity index (χ4v) is 3.49. The molecule has 3 rings (SSSR count). The topological polar surface area (TPSA) is 81.5 Å². The van der Waals surface area contributed by atoms with Crippen LogP contribution < -0.4 is 5.32 Å². The van der Waals surface area contributed by atoms with Crippen molar-refractivity contribution in [2.45, 2.75) is 18.5 Å². The molecule has 0 fully saturated rings. The van der Waals surface area contributed by atoms with E-state index in [2.05, 4.69) is 10.1 Å². The standard InChI is InChI=1S/C18H17ClN2O4/c1-25-18(22)17(21(23)24)15-10-11-4-2-3-5-14(11)16(15)20-13-8-6-12(19)7-9-13/h2-9,15-17,20H,10H2,1H3/t15?,16-,17?/m0/s1. The average molecular weight is 361 g/mol. The lowest BCUT2D eigenvalue weighted by molar-refractivity contribution is -0.520. The molecule has 0 spiro atoms. The highest BCUT2D eigenvalue weighted by Crippen LogP contribution is 2.41. The number of esters is 1. The van der Waals surface area contributed by atoms with E-state index in [9.17, 15) is 14.9 Å². The quantitative estimate of drug-likeness (QED) is 0.501. The summed E-state index contributed by atoms with van der Waals surface area (Å²) in [4.78, 5) is 23.0. The minimum Gasteiger partial charge on any atom is -0.464 e. The summed E-state index contributed by atoms with van der Waals surface area (Å²) in [5.74, 6) is -1.37. The Bertz CT molecular complexity index is 794. The first-order valence-corrected chi connectivity index (χ1v) is 8.20. The number of carbonyl (C=O) groups excluding carboxylic acids is 1. The molecule has 7 heteroatoms. The third-order valence-electron chi connectivity index (χ3n) is 4.52. The second-order valence-electron chi connectivity index (χ2n) is 5.95. The molecular formula is C18H17ClN2O4. The Hall–Kier alpha value is -2.60. The van der Waals surface area contributed by atoms with E-state index in [1.807, 2.05) is 24.3 Å². The number of nitro groups is 1. The van der Waals surface area contributed by atoms with Crippen LogP contribution in [0.3, 0.4) is 0 Å². The highest BCUT2D eigenvalue weighted by Gasteiger charge is 2.48. The Morgan fingerprint density at radius 1 is 1.28 bits per heavy atom. The van der Waals surface area contributed by atoms with Crippen molar-refractivity contribution in [3.8, 4) is 0 Å². The van der Waals surface area contributed by atoms with E-state index < -0.39 is 22.9 Å². The Morgan fingerprint density at radius 3 is 2.60 bits per heavy atom. The fourth-order valence-electron chi connectivity index (χ4n) is 3.37. The van der Waals surface area contributed by atoms with E-state index in [4.69, 9.17) is 11.6 Å². The van der Waals surface area contributed by atoms with Gasteiger partial charge in [0.05, 0.1) is 19.1 Å². The molecule has 0 saturated heterocycles. The Kier molecular flexibility index (Phi) is 4.90. The van der Waals surface area contributed by atoms with Gasteiger partial charge in [-0.3, -0.25) is 10.1 Å². The molecule has 0 radical (unpaired) electrons. The lowest BCUT2D eigenvalue weighted by Crippen LogP contribution is -2.41. The summed E-state index contributed by atoms with van der Waals surface area (Å²) in [5.41, 5.74) is 2.73. The van der Waals surface area contributed by atoms with Gasteiger partial charge in [0.15, 0.2) is 0 Å². The number of nitrogens with zero attached hydrogens (tertiary/aromatic N) is 1. The number of rotatable bonds is 5. The van der Waals surface area contributed by atoms with Gasteiger partial charge in [-0.15, -0.1) is 0 Å². The first-order valence-electron chi connectivity index (χ1n) is 7.82. The van der Waals surface area contributed by atoms with Crippen molar-refractivity contribution in [2.24, 2.45) is 5.92 Å². The molecular weight excluding hydrogens is 344 g/mol. The summed E-state index contributed by atoms with van der Waals surface area (Å²) in [5, 5.41) is 15.5. The molecule has 6 nitrogen and oxygen atoms in total. The maximum atomic E-state index is 12.0. The van der Waals surface area contributed by atoms with Crippen LogP contribution in [-0.4, -0.2) is 24.0 Å². The molecule has 2 unspecified atom stereocenters. The molecule has 1 aliphatic rings. The maximum absolute atomic E-state index is 12.0. The van der Waals surface area contributed by atoms with Crippen LogP contribution in [0.5, 0.6) is 0 Å². The summed E-state index contributed by atoms with van der Waals surface area (Å²) in [6.45, 7) is 0. The lowest BCUT2D eigenvalue weighted by atomic mass is 9.92. The molecule has 0 saturated carbocycles. The van der Waals surface area contributed by atoms with Crippen LogP contribution >= 0.6 is 11.6 Å². The summed E-state index contributed by atoms with van der Waals surface area (Å²) < 4.78 is 4.67. The summed E-state index contributed by atoms with van der Waals surface area (Å²) in [7, 11) is 1.17. The average Bonchev–Trinajstić information content (AvgIpc) is 2.95. The van der Waals surface area contributed by atoms with E-state index in [-0.39, 0.29) is 6.04 Å². The van der Waals surface area contributed by atoms with Crippen LogP contribution in [0.25, 0.3) is 0 Å². The van der Waals surface area contributed by atoms with Gasteiger partial charge < -0.3 is 10.1 Å². The Labute approximate surface area is 149 Å². The van der Waals surface area contributed by atoms with E-state index >= 15 is 0 Å².